The molecular weight excluding hydrogens is 246 g/mol. The number of carbonyl (C=O) groups is 1. The van der Waals surface area contributed by atoms with Crippen molar-refractivity contribution >= 4 is 11.9 Å². The molecule has 1 N–H and O–H groups in total. The van der Waals surface area contributed by atoms with Gasteiger partial charge in [0.2, 0.25) is 5.95 Å². The Balaban J connectivity index is 2.16. The summed E-state index contributed by atoms with van der Waals surface area (Å²) in [5, 5.41) is 9.65. The highest BCUT2D eigenvalue weighted by molar-refractivity contribution is 5.90. The second kappa shape index (κ2) is 5.97. The molecule has 0 amide bonds. The van der Waals surface area contributed by atoms with E-state index in [0.717, 1.165) is 19.4 Å². The Hall–Kier alpha value is -1.69. The molecule has 2 rings (SSSR count). The van der Waals surface area contributed by atoms with Gasteiger partial charge in [-0.2, -0.15) is 0 Å². The van der Waals surface area contributed by atoms with Gasteiger partial charge in [0.05, 0.1) is 24.0 Å². The quantitative estimate of drug-likeness (QED) is 0.819. The summed E-state index contributed by atoms with van der Waals surface area (Å²) in [6, 6.07) is 0. The monoisotopic (exact) mass is 265 g/mol. The maximum absolute atomic E-state index is 11.6. The maximum atomic E-state index is 11.6. The summed E-state index contributed by atoms with van der Waals surface area (Å²) in [7, 11) is 0. The average molecular weight is 265 g/mol. The summed E-state index contributed by atoms with van der Waals surface area (Å²) in [6.45, 7) is 5.22. The lowest BCUT2D eigenvalue weighted by Gasteiger charge is -2.30. The van der Waals surface area contributed by atoms with Gasteiger partial charge in [0, 0.05) is 19.3 Å². The van der Waals surface area contributed by atoms with E-state index in [1.807, 2.05) is 4.90 Å². The molecule has 0 radical (unpaired) electrons. The van der Waals surface area contributed by atoms with Crippen LogP contribution in [0.1, 0.15) is 35.8 Å². The molecule has 6 nitrogen and oxygen atoms in total. The number of aliphatic hydroxyl groups is 1. The lowest BCUT2D eigenvalue weighted by molar-refractivity contribution is 0.0524. The zero-order valence-electron chi connectivity index (χ0n) is 11.3. The number of aliphatic hydroxyl groups excluding tert-OH is 1. The number of rotatable bonds is 3. The van der Waals surface area contributed by atoms with Crippen LogP contribution >= 0.6 is 0 Å². The zero-order valence-corrected chi connectivity index (χ0v) is 11.3. The first kappa shape index (κ1) is 13.7. The number of esters is 1. The lowest BCUT2D eigenvalue weighted by Crippen LogP contribution is -2.39. The fraction of sp³-hybridized carbons (Fsp3) is 0.615. The fourth-order valence-corrected chi connectivity index (χ4v) is 2.15. The number of piperidine rings is 1. The van der Waals surface area contributed by atoms with Gasteiger partial charge in [-0.05, 0) is 26.7 Å². The van der Waals surface area contributed by atoms with Crippen LogP contribution in [0.5, 0.6) is 0 Å². The minimum absolute atomic E-state index is 0.331. The molecule has 0 aromatic carbocycles. The lowest BCUT2D eigenvalue weighted by atomic mass is 10.1. The van der Waals surface area contributed by atoms with Crippen LogP contribution in [-0.2, 0) is 4.74 Å². The number of hydrogen-bond donors (Lipinski definition) is 1. The van der Waals surface area contributed by atoms with Crippen LogP contribution in [0.4, 0.5) is 5.95 Å². The van der Waals surface area contributed by atoms with Crippen molar-refractivity contribution in [3.05, 3.63) is 17.5 Å². The van der Waals surface area contributed by atoms with Crippen LogP contribution in [0.2, 0.25) is 0 Å². The maximum Gasteiger partial charge on any atom is 0.341 e. The molecule has 1 fully saturated rings. The third-order valence-corrected chi connectivity index (χ3v) is 3.14. The SMILES string of the molecule is CCOC(=O)c1cnc(N2CCC[C@H](O)C2)nc1C. The van der Waals surface area contributed by atoms with E-state index in [-0.39, 0.29) is 6.10 Å². The van der Waals surface area contributed by atoms with Crippen molar-refractivity contribution in [3.8, 4) is 0 Å². The Bertz CT molecular complexity index is 464. The molecule has 1 saturated heterocycles. The molecule has 6 heteroatoms. The number of anilines is 1. The minimum Gasteiger partial charge on any atom is -0.462 e. The number of ether oxygens (including phenoxy) is 1. The van der Waals surface area contributed by atoms with E-state index >= 15 is 0 Å². The molecule has 1 aliphatic rings. The predicted octanol–water partition coefficient (Wildman–Crippen LogP) is 0.923. The van der Waals surface area contributed by atoms with Gasteiger partial charge < -0.3 is 14.7 Å². The topological polar surface area (TPSA) is 75.5 Å². The van der Waals surface area contributed by atoms with Crippen LogP contribution in [0.25, 0.3) is 0 Å². The van der Waals surface area contributed by atoms with Gasteiger partial charge in [-0.15, -0.1) is 0 Å². The normalized spacial score (nSPS) is 19.3. The summed E-state index contributed by atoms with van der Waals surface area (Å²) in [6.07, 6.45) is 2.90. The molecule has 1 aliphatic heterocycles. The van der Waals surface area contributed by atoms with Crippen LogP contribution < -0.4 is 4.90 Å². The number of nitrogens with zero attached hydrogens (tertiary/aromatic N) is 3. The number of β-amino-alcohol motifs (C(OH)–C–C–N with tert-alkyl or cyclic N) is 1. The van der Waals surface area contributed by atoms with Gasteiger partial charge >= 0.3 is 5.97 Å². The first-order valence-corrected chi connectivity index (χ1v) is 6.55. The van der Waals surface area contributed by atoms with E-state index in [9.17, 15) is 9.90 Å². The van der Waals surface area contributed by atoms with Crippen molar-refractivity contribution in [1.82, 2.24) is 9.97 Å². The van der Waals surface area contributed by atoms with Crippen LogP contribution in [0.3, 0.4) is 0 Å². The van der Waals surface area contributed by atoms with Crippen molar-refractivity contribution in [2.45, 2.75) is 32.8 Å². The molecule has 0 bridgehead atoms. The zero-order chi connectivity index (χ0) is 13.8. The summed E-state index contributed by atoms with van der Waals surface area (Å²) in [4.78, 5) is 22.1. The number of aromatic nitrogens is 2. The largest absolute Gasteiger partial charge is 0.462 e. The Morgan fingerprint density at radius 3 is 3.05 bits per heavy atom. The van der Waals surface area contributed by atoms with Crippen molar-refractivity contribution in [2.24, 2.45) is 0 Å². The van der Waals surface area contributed by atoms with Gasteiger partial charge in [0.15, 0.2) is 0 Å². The van der Waals surface area contributed by atoms with E-state index in [1.165, 1.54) is 6.20 Å². The standard InChI is InChI=1S/C13H19N3O3/c1-3-19-12(18)11-7-14-13(15-9(11)2)16-6-4-5-10(17)8-16/h7,10,17H,3-6,8H2,1-2H3/t10-/m0/s1. The molecule has 19 heavy (non-hydrogen) atoms. The highest BCUT2D eigenvalue weighted by Crippen LogP contribution is 2.17. The van der Waals surface area contributed by atoms with Crippen LogP contribution in [0, 0.1) is 6.92 Å². The van der Waals surface area contributed by atoms with E-state index in [0.29, 0.717) is 30.4 Å². The minimum atomic E-state index is -0.398. The Labute approximate surface area is 112 Å². The van der Waals surface area contributed by atoms with Crippen molar-refractivity contribution < 1.29 is 14.6 Å². The van der Waals surface area contributed by atoms with Crippen molar-refractivity contribution in [1.29, 1.82) is 0 Å². The third-order valence-electron chi connectivity index (χ3n) is 3.14. The highest BCUT2D eigenvalue weighted by atomic mass is 16.5. The molecule has 0 spiro atoms. The first-order valence-electron chi connectivity index (χ1n) is 6.55. The Kier molecular flexibility index (Phi) is 4.31. The molecule has 0 aliphatic carbocycles. The van der Waals surface area contributed by atoms with E-state index < -0.39 is 5.97 Å². The number of hydrogen-bond acceptors (Lipinski definition) is 6. The number of aryl methyl sites for hydroxylation is 1. The molecule has 2 heterocycles. The molecule has 1 aromatic rings. The fourth-order valence-electron chi connectivity index (χ4n) is 2.15. The first-order chi connectivity index (χ1) is 9.11. The van der Waals surface area contributed by atoms with Gasteiger partial charge in [0.1, 0.15) is 0 Å². The van der Waals surface area contributed by atoms with Crippen molar-refractivity contribution in [3.63, 3.8) is 0 Å². The van der Waals surface area contributed by atoms with E-state index in [1.54, 1.807) is 13.8 Å². The van der Waals surface area contributed by atoms with Gasteiger partial charge in [-0.1, -0.05) is 0 Å². The smallest absolute Gasteiger partial charge is 0.341 e. The Morgan fingerprint density at radius 2 is 2.42 bits per heavy atom. The van der Waals surface area contributed by atoms with Crippen molar-refractivity contribution in [2.75, 3.05) is 24.6 Å². The summed E-state index contributed by atoms with van der Waals surface area (Å²) in [5.41, 5.74) is 0.992. The molecule has 0 saturated carbocycles. The molecule has 0 unspecified atom stereocenters. The van der Waals surface area contributed by atoms with Gasteiger partial charge in [-0.3, -0.25) is 0 Å². The molecular formula is C13H19N3O3. The predicted molar refractivity (Wildman–Crippen MR) is 70.2 cm³/mol. The molecule has 1 atom stereocenters. The summed E-state index contributed by atoms with van der Waals surface area (Å²) < 4.78 is 4.94. The third kappa shape index (κ3) is 3.20. The number of carbonyl (C=O) groups excluding carboxylic acids is 1. The second-order valence-corrected chi connectivity index (χ2v) is 4.63. The molecule has 104 valence electrons. The summed E-state index contributed by atoms with van der Waals surface area (Å²) >= 11 is 0. The van der Waals surface area contributed by atoms with Crippen LogP contribution in [-0.4, -0.2) is 46.8 Å². The molecule has 1 aromatic heterocycles. The highest BCUT2D eigenvalue weighted by Gasteiger charge is 2.21. The Morgan fingerprint density at radius 1 is 1.63 bits per heavy atom. The second-order valence-electron chi connectivity index (χ2n) is 4.63. The summed E-state index contributed by atoms with van der Waals surface area (Å²) in [5.74, 6) is 0.162. The van der Waals surface area contributed by atoms with Crippen LogP contribution in [0.15, 0.2) is 6.20 Å². The average Bonchev–Trinajstić information content (AvgIpc) is 2.38. The van der Waals surface area contributed by atoms with E-state index in [4.69, 9.17) is 4.74 Å². The van der Waals surface area contributed by atoms with Gasteiger partial charge in [0.25, 0.3) is 0 Å². The van der Waals surface area contributed by atoms with E-state index in [2.05, 4.69) is 9.97 Å². The van der Waals surface area contributed by atoms with Gasteiger partial charge in [-0.25, -0.2) is 14.8 Å².